The Morgan fingerprint density at radius 1 is 1.19 bits per heavy atom. The fourth-order valence-corrected chi connectivity index (χ4v) is 3.14. The van der Waals surface area contributed by atoms with Gasteiger partial charge in [-0.15, -0.1) is 0 Å². The second-order valence-corrected chi connectivity index (χ2v) is 5.81. The van der Waals surface area contributed by atoms with Crippen LogP contribution in [0.15, 0.2) is 0 Å². The minimum atomic E-state index is 0.0597. The molecule has 0 aromatic carbocycles. The summed E-state index contributed by atoms with van der Waals surface area (Å²) in [6.45, 7) is 5.03. The lowest BCUT2D eigenvalue weighted by atomic mass is 10.0. The molecule has 116 valence electrons. The third-order valence-electron chi connectivity index (χ3n) is 4.46. The van der Waals surface area contributed by atoms with E-state index in [2.05, 4.69) is 37.1 Å². The molecule has 0 amide bonds. The molecule has 0 radical (unpaired) electrons. The molecule has 0 saturated carbocycles. The molecule has 3 rings (SSSR count). The van der Waals surface area contributed by atoms with E-state index in [-0.39, 0.29) is 12.6 Å². The number of anilines is 3. The topological polar surface area (TPSA) is 103 Å². The number of aliphatic hydroxyl groups is 1. The zero-order chi connectivity index (χ0) is 14.8. The predicted molar refractivity (Wildman–Crippen MR) is 81.1 cm³/mol. The van der Waals surface area contributed by atoms with Crippen molar-refractivity contribution in [1.29, 1.82) is 0 Å². The molecule has 2 atom stereocenters. The Bertz CT molecular complexity index is 491. The summed E-state index contributed by atoms with van der Waals surface area (Å²) in [6.07, 6.45) is 3.35. The first kappa shape index (κ1) is 14.3. The fraction of sp³-hybridized carbons (Fsp3) is 0.769. The van der Waals surface area contributed by atoms with Crippen LogP contribution in [0.3, 0.4) is 0 Å². The second kappa shape index (κ2) is 5.98. The number of hydrogen-bond donors (Lipinski definition) is 3. The minimum Gasteiger partial charge on any atom is -0.394 e. The van der Waals surface area contributed by atoms with Crippen LogP contribution in [0.25, 0.3) is 0 Å². The van der Waals surface area contributed by atoms with Crippen LogP contribution in [-0.4, -0.2) is 52.3 Å². The zero-order valence-electron chi connectivity index (χ0n) is 12.4. The smallest absolute Gasteiger partial charge is 0.243 e. The highest BCUT2D eigenvalue weighted by Gasteiger charge is 2.33. The Morgan fingerprint density at radius 3 is 2.57 bits per heavy atom. The van der Waals surface area contributed by atoms with E-state index in [9.17, 15) is 5.11 Å². The van der Waals surface area contributed by atoms with Crippen molar-refractivity contribution >= 4 is 17.8 Å². The summed E-state index contributed by atoms with van der Waals surface area (Å²) in [7, 11) is 0. The summed E-state index contributed by atoms with van der Waals surface area (Å²) in [4.78, 5) is 17.5. The van der Waals surface area contributed by atoms with Gasteiger partial charge in [0.25, 0.3) is 0 Å². The van der Waals surface area contributed by atoms with Gasteiger partial charge in [0.15, 0.2) is 0 Å². The van der Waals surface area contributed by atoms with Gasteiger partial charge in [-0.3, -0.25) is 5.43 Å². The number of nitrogens with zero attached hydrogens (tertiary/aromatic N) is 5. The number of nitrogens with one attached hydrogen (secondary N) is 1. The number of hydrazine groups is 1. The number of nitrogen functional groups attached to an aromatic ring is 1. The van der Waals surface area contributed by atoms with Crippen LogP contribution in [0.4, 0.5) is 17.8 Å². The van der Waals surface area contributed by atoms with Crippen molar-refractivity contribution < 1.29 is 5.11 Å². The molecule has 2 fully saturated rings. The first-order valence-corrected chi connectivity index (χ1v) is 7.58. The average Bonchev–Trinajstić information content (AvgIpc) is 3.16. The van der Waals surface area contributed by atoms with E-state index in [4.69, 9.17) is 5.84 Å². The Labute approximate surface area is 124 Å². The van der Waals surface area contributed by atoms with Gasteiger partial charge in [-0.25, -0.2) is 5.84 Å². The Hall–Kier alpha value is -1.67. The summed E-state index contributed by atoms with van der Waals surface area (Å²) in [5.74, 6) is 7.56. The first-order chi connectivity index (χ1) is 10.2. The SMILES string of the molecule is CC1CCN(c2nc(NN)nc(N3CCCC3)n2)C1CO. The molecule has 1 aromatic rings. The fourth-order valence-electron chi connectivity index (χ4n) is 3.14. The molecular formula is C13H23N7O. The van der Waals surface area contributed by atoms with Crippen molar-refractivity contribution in [3.63, 3.8) is 0 Å². The lowest BCUT2D eigenvalue weighted by Crippen LogP contribution is -2.37. The summed E-state index contributed by atoms with van der Waals surface area (Å²) in [5.41, 5.74) is 2.52. The molecule has 0 bridgehead atoms. The third kappa shape index (κ3) is 2.73. The van der Waals surface area contributed by atoms with Crippen LogP contribution in [-0.2, 0) is 0 Å². The van der Waals surface area contributed by atoms with E-state index in [1.54, 1.807) is 0 Å². The van der Waals surface area contributed by atoms with Gasteiger partial charge < -0.3 is 14.9 Å². The average molecular weight is 293 g/mol. The number of rotatable bonds is 4. The largest absolute Gasteiger partial charge is 0.394 e. The van der Waals surface area contributed by atoms with Crippen molar-refractivity contribution in [3.05, 3.63) is 0 Å². The van der Waals surface area contributed by atoms with E-state index in [1.165, 1.54) is 0 Å². The van der Waals surface area contributed by atoms with Crippen LogP contribution in [0.1, 0.15) is 26.2 Å². The van der Waals surface area contributed by atoms with Gasteiger partial charge >= 0.3 is 0 Å². The highest BCUT2D eigenvalue weighted by atomic mass is 16.3. The van der Waals surface area contributed by atoms with Gasteiger partial charge in [-0.05, 0) is 25.2 Å². The number of aromatic nitrogens is 3. The molecule has 1 aromatic heterocycles. The summed E-state index contributed by atoms with van der Waals surface area (Å²) < 4.78 is 0. The maximum atomic E-state index is 9.61. The van der Waals surface area contributed by atoms with E-state index >= 15 is 0 Å². The Morgan fingerprint density at radius 2 is 1.90 bits per heavy atom. The van der Waals surface area contributed by atoms with Crippen molar-refractivity contribution in [1.82, 2.24) is 15.0 Å². The van der Waals surface area contributed by atoms with Crippen LogP contribution < -0.4 is 21.1 Å². The van der Waals surface area contributed by atoms with Crippen molar-refractivity contribution in [2.24, 2.45) is 11.8 Å². The molecule has 2 aliphatic heterocycles. The summed E-state index contributed by atoms with van der Waals surface area (Å²) in [5, 5.41) is 9.61. The molecule has 8 heteroatoms. The summed E-state index contributed by atoms with van der Waals surface area (Å²) >= 11 is 0. The minimum absolute atomic E-state index is 0.0597. The van der Waals surface area contributed by atoms with E-state index in [1.807, 2.05) is 0 Å². The monoisotopic (exact) mass is 293 g/mol. The van der Waals surface area contributed by atoms with Crippen molar-refractivity contribution in [2.75, 3.05) is 41.5 Å². The van der Waals surface area contributed by atoms with Crippen molar-refractivity contribution in [3.8, 4) is 0 Å². The normalized spacial score (nSPS) is 25.7. The molecule has 0 aliphatic carbocycles. The maximum Gasteiger partial charge on any atom is 0.243 e. The number of hydrogen-bond acceptors (Lipinski definition) is 8. The van der Waals surface area contributed by atoms with Gasteiger partial charge in [0.05, 0.1) is 12.6 Å². The van der Waals surface area contributed by atoms with Crippen LogP contribution in [0, 0.1) is 5.92 Å². The molecular weight excluding hydrogens is 270 g/mol. The zero-order valence-corrected chi connectivity index (χ0v) is 12.4. The lowest BCUT2D eigenvalue weighted by molar-refractivity contribution is 0.244. The summed E-state index contributed by atoms with van der Waals surface area (Å²) in [6, 6.07) is 0.0597. The van der Waals surface area contributed by atoms with E-state index in [0.29, 0.717) is 23.8 Å². The van der Waals surface area contributed by atoms with Gasteiger partial charge in [0.2, 0.25) is 17.8 Å². The maximum absolute atomic E-state index is 9.61. The first-order valence-electron chi connectivity index (χ1n) is 7.58. The Kier molecular flexibility index (Phi) is 4.07. The van der Waals surface area contributed by atoms with Gasteiger partial charge in [0.1, 0.15) is 0 Å². The van der Waals surface area contributed by atoms with Gasteiger partial charge in [-0.1, -0.05) is 6.92 Å². The molecule has 4 N–H and O–H groups in total. The van der Waals surface area contributed by atoms with E-state index < -0.39 is 0 Å². The number of nitrogens with two attached hydrogens (primary N) is 1. The molecule has 2 unspecified atom stereocenters. The van der Waals surface area contributed by atoms with Gasteiger partial charge in [0, 0.05) is 19.6 Å². The predicted octanol–water partition coefficient (Wildman–Crippen LogP) is -0.0355. The van der Waals surface area contributed by atoms with Crippen LogP contribution in [0.2, 0.25) is 0 Å². The molecule has 21 heavy (non-hydrogen) atoms. The van der Waals surface area contributed by atoms with Crippen LogP contribution in [0.5, 0.6) is 0 Å². The highest BCUT2D eigenvalue weighted by Crippen LogP contribution is 2.29. The third-order valence-corrected chi connectivity index (χ3v) is 4.46. The molecule has 2 aliphatic rings. The lowest BCUT2D eigenvalue weighted by Gasteiger charge is -2.26. The molecule has 8 nitrogen and oxygen atoms in total. The Balaban J connectivity index is 1.92. The van der Waals surface area contributed by atoms with E-state index in [0.717, 1.165) is 38.9 Å². The number of aliphatic hydroxyl groups excluding tert-OH is 1. The molecule has 0 spiro atoms. The standard InChI is InChI=1S/C13H23N7O/c1-9-4-7-20(10(9)8-21)13-16-11(18-14)15-12(17-13)19-5-2-3-6-19/h9-10,21H,2-8,14H2,1H3,(H,15,16,17,18). The van der Waals surface area contributed by atoms with Crippen LogP contribution >= 0.6 is 0 Å². The van der Waals surface area contributed by atoms with Crippen molar-refractivity contribution in [2.45, 2.75) is 32.2 Å². The quantitative estimate of drug-likeness (QED) is 0.525. The second-order valence-electron chi connectivity index (χ2n) is 5.81. The van der Waals surface area contributed by atoms with Gasteiger partial charge in [-0.2, -0.15) is 15.0 Å². The molecule has 2 saturated heterocycles. The molecule has 3 heterocycles. The highest BCUT2D eigenvalue weighted by molar-refractivity contribution is 5.46.